The summed E-state index contributed by atoms with van der Waals surface area (Å²) in [5, 5.41) is 3.59. The molecule has 2 heterocycles. The number of nitrogens with one attached hydrogen (secondary N) is 1. The lowest BCUT2D eigenvalue weighted by atomic mass is 9.94. The van der Waals surface area contributed by atoms with Crippen molar-refractivity contribution in [1.29, 1.82) is 0 Å². The van der Waals surface area contributed by atoms with Gasteiger partial charge >= 0.3 is 0 Å². The Morgan fingerprint density at radius 1 is 1.20 bits per heavy atom. The Hall–Kier alpha value is -1.07. The van der Waals surface area contributed by atoms with Crippen LogP contribution >= 0.6 is 0 Å². The summed E-state index contributed by atoms with van der Waals surface area (Å²) in [5.41, 5.74) is 0. The van der Waals surface area contributed by atoms with Gasteiger partial charge in [0.2, 0.25) is 0 Å². The van der Waals surface area contributed by atoms with Crippen LogP contribution in [0.2, 0.25) is 0 Å². The fraction of sp³-hybridized carbons (Fsp3) is 0.850. The van der Waals surface area contributed by atoms with E-state index in [9.17, 15) is 0 Å². The Labute approximate surface area is 152 Å². The van der Waals surface area contributed by atoms with Gasteiger partial charge in [0, 0.05) is 33.3 Å². The molecular weight excluding hydrogens is 314 g/mol. The number of aliphatic imine (C=N–C) groups is 1. The van der Waals surface area contributed by atoms with Crippen molar-refractivity contribution in [3.05, 3.63) is 12.2 Å². The molecule has 0 spiro atoms. The molecule has 3 rings (SSSR count). The molecule has 5 heteroatoms. The van der Waals surface area contributed by atoms with Crippen LogP contribution in [0.25, 0.3) is 0 Å². The highest BCUT2D eigenvalue weighted by Crippen LogP contribution is 2.19. The number of guanidine groups is 1. The minimum absolute atomic E-state index is 0.325. The highest BCUT2D eigenvalue weighted by molar-refractivity contribution is 5.79. The predicted octanol–water partition coefficient (Wildman–Crippen LogP) is 2.97. The Bertz CT molecular complexity index is 438. The van der Waals surface area contributed by atoms with Crippen molar-refractivity contribution >= 4 is 5.96 Å². The normalized spacial score (nSPS) is 29.0. The third kappa shape index (κ3) is 6.00. The van der Waals surface area contributed by atoms with Crippen LogP contribution in [0.4, 0.5) is 0 Å². The molecule has 2 aliphatic heterocycles. The van der Waals surface area contributed by atoms with Crippen LogP contribution in [0, 0.1) is 5.92 Å². The maximum absolute atomic E-state index is 6.12. The first-order chi connectivity index (χ1) is 12.3. The van der Waals surface area contributed by atoms with Gasteiger partial charge in [0.15, 0.2) is 5.96 Å². The lowest BCUT2D eigenvalue weighted by molar-refractivity contribution is -0.0721. The van der Waals surface area contributed by atoms with Crippen LogP contribution in [0.15, 0.2) is 17.1 Å². The molecule has 0 saturated carbocycles. The van der Waals surface area contributed by atoms with E-state index >= 15 is 0 Å². The second-order valence-corrected chi connectivity index (χ2v) is 7.59. The summed E-state index contributed by atoms with van der Waals surface area (Å²) < 4.78 is 11.9. The average molecular weight is 350 g/mol. The molecule has 5 nitrogen and oxygen atoms in total. The third-order valence-corrected chi connectivity index (χ3v) is 5.67. The second kappa shape index (κ2) is 10.2. The monoisotopic (exact) mass is 349 g/mol. The fourth-order valence-electron chi connectivity index (χ4n) is 4.03. The molecule has 2 unspecified atom stereocenters. The number of allylic oxidation sites excluding steroid dienone is 2. The van der Waals surface area contributed by atoms with Gasteiger partial charge in [-0.2, -0.15) is 0 Å². The van der Waals surface area contributed by atoms with Gasteiger partial charge in [-0.1, -0.05) is 12.2 Å². The Balaban J connectivity index is 1.34. The van der Waals surface area contributed by atoms with Gasteiger partial charge in [0.1, 0.15) is 0 Å². The molecule has 1 N–H and O–H groups in total. The molecule has 0 aromatic carbocycles. The zero-order chi connectivity index (χ0) is 17.3. The molecular formula is C20H35N3O2. The van der Waals surface area contributed by atoms with E-state index < -0.39 is 0 Å². The minimum Gasteiger partial charge on any atom is -0.376 e. The molecule has 1 aliphatic carbocycles. The highest BCUT2D eigenvalue weighted by atomic mass is 16.5. The Kier molecular flexibility index (Phi) is 7.61. The molecule has 0 bridgehead atoms. The van der Waals surface area contributed by atoms with E-state index in [0.717, 1.165) is 64.0 Å². The molecule has 25 heavy (non-hydrogen) atoms. The third-order valence-electron chi connectivity index (χ3n) is 5.67. The number of likely N-dealkylation sites (tertiary alicyclic amines) is 1. The summed E-state index contributed by atoms with van der Waals surface area (Å²) in [6, 6.07) is 0. The van der Waals surface area contributed by atoms with E-state index in [1.54, 1.807) is 0 Å². The van der Waals surface area contributed by atoms with E-state index in [4.69, 9.17) is 9.47 Å². The molecule has 3 aliphatic rings. The first-order valence-electron chi connectivity index (χ1n) is 10.2. The predicted molar refractivity (Wildman–Crippen MR) is 102 cm³/mol. The van der Waals surface area contributed by atoms with Crippen molar-refractivity contribution < 1.29 is 9.47 Å². The van der Waals surface area contributed by atoms with Crippen molar-refractivity contribution in [2.75, 3.05) is 39.9 Å². The number of hydrogen-bond donors (Lipinski definition) is 1. The molecule has 142 valence electrons. The second-order valence-electron chi connectivity index (χ2n) is 7.59. The van der Waals surface area contributed by atoms with Gasteiger partial charge < -0.3 is 19.7 Å². The SMILES string of the molecule is CN=C(NCC1CC=CCC1)N1CCC(OCC2CCCCO2)CC1. The average Bonchev–Trinajstić information content (AvgIpc) is 2.69. The number of nitrogens with zero attached hydrogens (tertiary/aromatic N) is 2. The largest absolute Gasteiger partial charge is 0.376 e. The molecule has 2 atom stereocenters. The van der Waals surface area contributed by atoms with Crippen LogP contribution in [-0.4, -0.2) is 63.0 Å². The maximum Gasteiger partial charge on any atom is 0.193 e. The Morgan fingerprint density at radius 2 is 2.08 bits per heavy atom. The van der Waals surface area contributed by atoms with E-state index in [2.05, 4.69) is 27.4 Å². The molecule has 2 saturated heterocycles. The van der Waals surface area contributed by atoms with E-state index in [-0.39, 0.29) is 0 Å². The van der Waals surface area contributed by atoms with Gasteiger partial charge in [0.05, 0.1) is 18.8 Å². The lowest BCUT2D eigenvalue weighted by Gasteiger charge is -2.35. The summed E-state index contributed by atoms with van der Waals surface area (Å²) in [5.74, 6) is 1.81. The lowest BCUT2D eigenvalue weighted by Crippen LogP contribution is -2.48. The summed E-state index contributed by atoms with van der Waals surface area (Å²) >= 11 is 0. The summed E-state index contributed by atoms with van der Waals surface area (Å²) in [6.07, 6.45) is 14.8. The molecule has 2 fully saturated rings. The molecule has 0 aromatic rings. The van der Waals surface area contributed by atoms with Gasteiger partial charge in [-0.15, -0.1) is 0 Å². The van der Waals surface area contributed by atoms with Gasteiger partial charge in [-0.3, -0.25) is 4.99 Å². The topological polar surface area (TPSA) is 46.1 Å². The van der Waals surface area contributed by atoms with E-state index in [0.29, 0.717) is 12.2 Å². The zero-order valence-corrected chi connectivity index (χ0v) is 15.8. The molecule has 0 aromatic heterocycles. The number of hydrogen-bond acceptors (Lipinski definition) is 3. The quantitative estimate of drug-likeness (QED) is 0.471. The van der Waals surface area contributed by atoms with Crippen molar-refractivity contribution in [3.8, 4) is 0 Å². The number of piperidine rings is 1. The number of rotatable bonds is 5. The van der Waals surface area contributed by atoms with Crippen LogP contribution in [-0.2, 0) is 9.47 Å². The zero-order valence-electron chi connectivity index (χ0n) is 15.8. The minimum atomic E-state index is 0.325. The smallest absolute Gasteiger partial charge is 0.193 e. The Morgan fingerprint density at radius 3 is 2.76 bits per heavy atom. The van der Waals surface area contributed by atoms with Crippen LogP contribution in [0.5, 0.6) is 0 Å². The molecule has 0 radical (unpaired) electrons. The van der Waals surface area contributed by atoms with Crippen LogP contribution in [0.3, 0.4) is 0 Å². The first-order valence-corrected chi connectivity index (χ1v) is 10.2. The maximum atomic E-state index is 6.12. The van der Waals surface area contributed by atoms with Crippen molar-refractivity contribution in [1.82, 2.24) is 10.2 Å². The van der Waals surface area contributed by atoms with Gasteiger partial charge in [-0.05, 0) is 57.3 Å². The molecule has 0 amide bonds. The number of ether oxygens (including phenoxy) is 2. The fourth-order valence-corrected chi connectivity index (χ4v) is 4.03. The van der Waals surface area contributed by atoms with Crippen LogP contribution in [0.1, 0.15) is 51.4 Å². The van der Waals surface area contributed by atoms with E-state index in [1.165, 1.54) is 32.1 Å². The van der Waals surface area contributed by atoms with E-state index in [1.807, 2.05) is 7.05 Å². The first kappa shape index (κ1) is 18.7. The van der Waals surface area contributed by atoms with Crippen molar-refractivity contribution in [3.63, 3.8) is 0 Å². The standard InChI is InChI=1S/C20H35N3O2/c1-21-20(22-15-17-7-3-2-4-8-17)23-12-10-18(11-13-23)25-16-19-9-5-6-14-24-19/h2-3,17-19H,4-16H2,1H3,(H,21,22). The summed E-state index contributed by atoms with van der Waals surface area (Å²) in [4.78, 5) is 6.88. The van der Waals surface area contributed by atoms with Crippen LogP contribution < -0.4 is 5.32 Å². The summed E-state index contributed by atoms with van der Waals surface area (Å²) in [7, 11) is 1.89. The van der Waals surface area contributed by atoms with Gasteiger partial charge in [-0.25, -0.2) is 0 Å². The highest BCUT2D eigenvalue weighted by Gasteiger charge is 2.24. The van der Waals surface area contributed by atoms with Crippen molar-refractivity contribution in [2.24, 2.45) is 10.9 Å². The summed E-state index contributed by atoms with van der Waals surface area (Å²) in [6.45, 7) is 4.77. The van der Waals surface area contributed by atoms with Crippen molar-refractivity contribution in [2.45, 2.75) is 63.6 Å². The van der Waals surface area contributed by atoms with Gasteiger partial charge in [0.25, 0.3) is 0 Å².